The van der Waals surface area contributed by atoms with E-state index in [0.717, 1.165) is 45.8 Å². The van der Waals surface area contributed by atoms with E-state index in [1.165, 1.54) is 21.4 Å². The molecule has 38 heavy (non-hydrogen) atoms. The highest BCUT2D eigenvalue weighted by Gasteiger charge is 2.21. The summed E-state index contributed by atoms with van der Waals surface area (Å²) in [5.41, 5.74) is 6.57. The van der Waals surface area contributed by atoms with Crippen LogP contribution in [0.3, 0.4) is 0 Å². The van der Waals surface area contributed by atoms with Gasteiger partial charge in [0.05, 0.1) is 10.2 Å². The molecule has 0 spiro atoms. The summed E-state index contributed by atoms with van der Waals surface area (Å²) in [6.45, 7) is 4.10. The highest BCUT2D eigenvalue weighted by atomic mass is 32.1. The summed E-state index contributed by atoms with van der Waals surface area (Å²) in [5.74, 6) is 1.47. The highest BCUT2D eigenvalue weighted by molar-refractivity contribution is 7.15. The fourth-order valence-electron chi connectivity index (χ4n) is 4.88. The van der Waals surface area contributed by atoms with Crippen molar-refractivity contribution in [3.05, 3.63) is 111 Å². The van der Waals surface area contributed by atoms with Gasteiger partial charge >= 0.3 is 0 Å². The second-order valence-electron chi connectivity index (χ2n) is 9.58. The zero-order valence-corrected chi connectivity index (χ0v) is 21.6. The van der Waals surface area contributed by atoms with Gasteiger partial charge in [-0.3, -0.25) is 4.79 Å². The Morgan fingerprint density at radius 1 is 1.00 bits per heavy atom. The fraction of sp³-hybridized carbons (Fsp3) is 0.133. The van der Waals surface area contributed by atoms with Crippen LogP contribution < -0.4 is 14.8 Å². The van der Waals surface area contributed by atoms with Crippen LogP contribution in [0.25, 0.3) is 39.4 Å². The molecule has 0 unspecified atom stereocenters. The number of aryl methyl sites for hydroxylation is 1. The van der Waals surface area contributed by atoms with Crippen molar-refractivity contribution in [3.63, 3.8) is 0 Å². The molecular formula is C30H23N5O2S. The molecule has 1 atom stereocenters. The molecule has 186 valence electrons. The number of hydrogen-bond donors (Lipinski definition) is 0. The summed E-state index contributed by atoms with van der Waals surface area (Å²) < 4.78 is 9.70. The molecule has 7 rings (SSSR count). The van der Waals surface area contributed by atoms with E-state index in [1.54, 1.807) is 0 Å². The van der Waals surface area contributed by atoms with E-state index in [2.05, 4.69) is 23.1 Å². The monoisotopic (exact) mass is 517 g/mol. The molecule has 1 aliphatic heterocycles. The van der Waals surface area contributed by atoms with E-state index in [-0.39, 0.29) is 11.7 Å². The maximum atomic E-state index is 13.4. The molecule has 0 saturated carbocycles. The smallest absolute Gasteiger partial charge is 0.291 e. The summed E-state index contributed by atoms with van der Waals surface area (Å²) in [4.78, 5) is 18.6. The average Bonchev–Trinajstić information content (AvgIpc) is 3.68. The third kappa shape index (κ3) is 3.90. The highest BCUT2D eigenvalue weighted by Crippen LogP contribution is 2.34. The minimum absolute atomic E-state index is 0.163. The number of hydrogen-bond acceptors (Lipinski definition) is 6. The van der Waals surface area contributed by atoms with Gasteiger partial charge in [-0.05, 0) is 61.9 Å². The minimum Gasteiger partial charge on any atom is -0.490 e. The van der Waals surface area contributed by atoms with Crippen molar-refractivity contribution in [1.29, 1.82) is 0 Å². The van der Waals surface area contributed by atoms with E-state index in [9.17, 15) is 4.79 Å². The number of benzene rings is 3. The Hall–Kier alpha value is -4.56. The first-order valence-corrected chi connectivity index (χ1v) is 13.3. The largest absolute Gasteiger partial charge is 0.490 e. The Morgan fingerprint density at radius 3 is 2.68 bits per heavy atom. The molecule has 1 aliphatic rings. The van der Waals surface area contributed by atoms with Crippen molar-refractivity contribution in [2.24, 2.45) is 0 Å². The molecule has 0 fully saturated rings. The lowest BCUT2D eigenvalue weighted by Crippen LogP contribution is -2.23. The maximum absolute atomic E-state index is 13.4. The van der Waals surface area contributed by atoms with Crippen molar-refractivity contribution in [1.82, 2.24) is 24.4 Å². The molecule has 8 heteroatoms. The van der Waals surface area contributed by atoms with Crippen LogP contribution in [0.15, 0.2) is 83.8 Å². The van der Waals surface area contributed by atoms with Crippen LogP contribution >= 0.6 is 11.3 Å². The van der Waals surface area contributed by atoms with Crippen molar-refractivity contribution in [3.8, 4) is 34.1 Å². The van der Waals surface area contributed by atoms with Gasteiger partial charge in [0.25, 0.3) is 5.56 Å². The van der Waals surface area contributed by atoms with Crippen LogP contribution in [0.4, 0.5) is 0 Å². The molecular weight excluding hydrogens is 494 g/mol. The number of aromatic nitrogens is 5. The van der Waals surface area contributed by atoms with Crippen molar-refractivity contribution in [2.45, 2.75) is 26.4 Å². The summed E-state index contributed by atoms with van der Waals surface area (Å²) in [5, 5.41) is 9.45. The van der Waals surface area contributed by atoms with E-state index in [0.29, 0.717) is 15.3 Å². The molecule has 3 aromatic heterocycles. The predicted octanol–water partition coefficient (Wildman–Crippen LogP) is 4.85. The molecule has 0 amide bonds. The lowest BCUT2D eigenvalue weighted by molar-refractivity contribution is 0.254. The van der Waals surface area contributed by atoms with Crippen LogP contribution in [-0.2, 0) is 6.42 Å². The molecule has 0 aliphatic carbocycles. The first-order valence-electron chi connectivity index (χ1n) is 12.5. The zero-order chi connectivity index (χ0) is 25.8. The van der Waals surface area contributed by atoms with Crippen molar-refractivity contribution >= 4 is 22.4 Å². The van der Waals surface area contributed by atoms with Crippen molar-refractivity contribution < 1.29 is 4.74 Å². The molecule has 6 aromatic rings. The van der Waals surface area contributed by atoms with Gasteiger partial charge in [0.15, 0.2) is 5.82 Å². The fourth-order valence-corrected chi connectivity index (χ4v) is 5.78. The zero-order valence-electron chi connectivity index (χ0n) is 20.8. The molecule has 4 heterocycles. The Bertz CT molecular complexity index is 1940. The lowest BCUT2D eigenvalue weighted by Gasteiger charge is -2.04. The molecule has 0 radical (unpaired) electrons. The van der Waals surface area contributed by atoms with Gasteiger partial charge in [0, 0.05) is 29.3 Å². The first kappa shape index (κ1) is 22.6. The van der Waals surface area contributed by atoms with E-state index < -0.39 is 0 Å². The lowest BCUT2D eigenvalue weighted by atomic mass is 10.0. The second kappa shape index (κ2) is 8.78. The SMILES string of the molecule is Cc1cccc(-c2nc3s/c(=C\c4cn(-c5ccccc5)nc4-c4ccc5c(c4)C[C@H](C)O5)c(=O)n3n2)c1. The molecule has 3 aromatic carbocycles. The third-order valence-corrected chi connectivity index (χ3v) is 7.64. The van der Waals surface area contributed by atoms with E-state index in [1.807, 2.05) is 90.6 Å². The first-order chi connectivity index (χ1) is 18.5. The van der Waals surface area contributed by atoms with E-state index >= 15 is 0 Å². The number of fused-ring (bicyclic) bond motifs is 2. The van der Waals surface area contributed by atoms with Crippen LogP contribution in [0, 0.1) is 6.92 Å². The van der Waals surface area contributed by atoms with Crippen LogP contribution in [0.2, 0.25) is 0 Å². The predicted molar refractivity (Wildman–Crippen MR) is 149 cm³/mol. The number of nitrogens with zero attached hydrogens (tertiary/aromatic N) is 5. The molecule has 0 bridgehead atoms. The van der Waals surface area contributed by atoms with Crippen LogP contribution in [0.1, 0.15) is 23.6 Å². The second-order valence-corrected chi connectivity index (χ2v) is 10.6. The van der Waals surface area contributed by atoms with Gasteiger partial charge in [-0.25, -0.2) is 4.68 Å². The van der Waals surface area contributed by atoms with Gasteiger partial charge in [0.2, 0.25) is 4.96 Å². The van der Waals surface area contributed by atoms with Gasteiger partial charge < -0.3 is 4.74 Å². The Labute approximate surface area is 222 Å². The normalized spacial score (nSPS) is 15.2. The van der Waals surface area contributed by atoms with Gasteiger partial charge in [-0.1, -0.05) is 53.3 Å². The van der Waals surface area contributed by atoms with Crippen LogP contribution in [0.5, 0.6) is 5.75 Å². The van der Waals surface area contributed by atoms with Gasteiger partial charge in [0.1, 0.15) is 17.5 Å². The topological polar surface area (TPSA) is 74.3 Å². The third-order valence-electron chi connectivity index (χ3n) is 6.68. The summed E-state index contributed by atoms with van der Waals surface area (Å²) in [7, 11) is 0. The average molecular weight is 518 g/mol. The quantitative estimate of drug-likeness (QED) is 0.334. The Balaban J connectivity index is 1.36. The van der Waals surface area contributed by atoms with Gasteiger partial charge in [-0.2, -0.15) is 14.6 Å². The van der Waals surface area contributed by atoms with Crippen LogP contribution in [-0.4, -0.2) is 30.5 Å². The van der Waals surface area contributed by atoms with E-state index in [4.69, 9.17) is 9.84 Å². The number of thiazole rings is 1. The van der Waals surface area contributed by atoms with Crippen molar-refractivity contribution in [2.75, 3.05) is 0 Å². The molecule has 0 saturated heterocycles. The number of ether oxygens (including phenoxy) is 1. The number of para-hydroxylation sites is 1. The number of rotatable bonds is 4. The van der Waals surface area contributed by atoms with Gasteiger partial charge in [-0.15, -0.1) is 5.10 Å². The molecule has 0 N–H and O–H groups in total. The minimum atomic E-state index is -0.189. The Kier molecular flexibility index (Phi) is 5.23. The Morgan fingerprint density at radius 2 is 1.87 bits per heavy atom. The summed E-state index contributed by atoms with van der Waals surface area (Å²) in [6.07, 6.45) is 4.88. The summed E-state index contributed by atoms with van der Waals surface area (Å²) in [6, 6.07) is 24.1. The molecule has 7 nitrogen and oxygen atoms in total. The summed E-state index contributed by atoms with van der Waals surface area (Å²) >= 11 is 1.33. The standard InChI is InChI=1S/C30H23N5O2S/c1-18-7-6-8-21(13-18)28-31-30-35(33-28)29(36)26(38-30)16-23-17-34(24-9-4-3-5-10-24)32-27(23)20-11-12-25-22(15-20)14-19(2)37-25/h3-13,15-17,19H,14H2,1-2H3/b26-16-/t19-/m0/s1. The maximum Gasteiger partial charge on any atom is 0.291 e.